The molecule has 0 spiro atoms. The summed E-state index contributed by atoms with van der Waals surface area (Å²) in [6, 6.07) is 5.99. The van der Waals surface area contributed by atoms with Gasteiger partial charge < -0.3 is 9.84 Å². The third-order valence-corrected chi connectivity index (χ3v) is 4.03. The minimum Gasteiger partial charge on any atom is -0.394 e. The molecule has 1 fully saturated rings. The number of aryl methyl sites for hydroxylation is 2. The summed E-state index contributed by atoms with van der Waals surface area (Å²) in [4.78, 5) is 14.6. The number of carbonyl (C=O) groups excluding carboxylic acids is 1. The highest BCUT2D eigenvalue weighted by atomic mass is 16.5. The largest absolute Gasteiger partial charge is 0.394 e. The van der Waals surface area contributed by atoms with Crippen LogP contribution in [0.1, 0.15) is 34.3 Å². The minimum atomic E-state index is 0.0748. The van der Waals surface area contributed by atoms with Gasteiger partial charge in [0.25, 0.3) is 0 Å². The van der Waals surface area contributed by atoms with Crippen molar-refractivity contribution in [1.82, 2.24) is 4.90 Å². The van der Waals surface area contributed by atoms with Crippen molar-refractivity contribution in [2.45, 2.75) is 32.8 Å². The first-order valence-electron chi connectivity index (χ1n) is 7.65. The van der Waals surface area contributed by atoms with Gasteiger partial charge in [0.15, 0.2) is 5.78 Å². The van der Waals surface area contributed by atoms with Gasteiger partial charge in [0.05, 0.1) is 25.9 Å². The van der Waals surface area contributed by atoms with Crippen LogP contribution in [0.2, 0.25) is 0 Å². The van der Waals surface area contributed by atoms with Gasteiger partial charge in [-0.15, -0.1) is 0 Å². The van der Waals surface area contributed by atoms with Gasteiger partial charge in [-0.1, -0.05) is 23.8 Å². The van der Waals surface area contributed by atoms with Crippen molar-refractivity contribution in [3.63, 3.8) is 0 Å². The fourth-order valence-electron chi connectivity index (χ4n) is 2.87. The van der Waals surface area contributed by atoms with E-state index in [1.807, 2.05) is 26.0 Å². The smallest absolute Gasteiger partial charge is 0.177 e. The van der Waals surface area contributed by atoms with Crippen LogP contribution in [0.25, 0.3) is 0 Å². The van der Waals surface area contributed by atoms with Crippen LogP contribution in [0.15, 0.2) is 18.2 Å². The molecule has 0 atom stereocenters. The summed E-state index contributed by atoms with van der Waals surface area (Å²) in [5, 5.41) is 8.76. The number of likely N-dealkylation sites (tertiary alicyclic amines) is 1. The average Bonchev–Trinajstić information content (AvgIpc) is 2.46. The highest BCUT2D eigenvalue weighted by molar-refractivity contribution is 5.98. The van der Waals surface area contributed by atoms with Crippen molar-refractivity contribution in [1.29, 1.82) is 0 Å². The highest BCUT2D eigenvalue weighted by Gasteiger charge is 2.22. The maximum Gasteiger partial charge on any atom is 0.177 e. The summed E-state index contributed by atoms with van der Waals surface area (Å²) in [7, 11) is 0. The number of ketones is 1. The van der Waals surface area contributed by atoms with E-state index in [0.717, 1.165) is 37.1 Å². The van der Waals surface area contributed by atoms with E-state index in [9.17, 15) is 4.79 Å². The Hall–Kier alpha value is -1.23. The predicted molar refractivity (Wildman–Crippen MR) is 82.7 cm³/mol. The predicted octanol–water partition coefficient (Wildman–Crippen LogP) is 1.96. The quantitative estimate of drug-likeness (QED) is 0.814. The van der Waals surface area contributed by atoms with Crippen molar-refractivity contribution >= 4 is 5.78 Å². The molecule has 1 heterocycles. The molecule has 0 radical (unpaired) electrons. The second-order valence-electron chi connectivity index (χ2n) is 5.81. The summed E-state index contributed by atoms with van der Waals surface area (Å²) < 4.78 is 5.54. The summed E-state index contributed by atoms with van der Waals surface area (Å²) in [5.41, 5.74) is 3.08. The van der Waals surface area contributed by atoms with Gasteiger partial charge in [0.2, 0.25) is 0 Å². The van der Waals surface area contributed by atoms with E-state index in [-0.39, 0.29) is 18.5 Å². The van der Waals surface area contributed by atoms with E-state index < -0.39 is 0 Å². The lowest BCUT2D eigenvalue weighted by Crippen LogP contribution is -2.40. The molecule has 0 amide bonds. The second kappa shape index (κ2) is 7.69. The molecular formula is C17H25NO3. The molecule has 1 saturated heterocycles. The highest BCUT2D eigenvalue weighted by Crippen LogP contribution is 2.16. The Morgan fingerprint density at radius 1 is 1.33 bits per heavy atom. The van der Waals surface area contributed by atoms with E-state index in [2.05, 4.69) is 11.0 Å². The van der Waals surface area contributed by atoms with Gasteiger partial charge in [0, 0.05) is 18.7 Å². The first-order valence-corrected chi connectivity index (χ1v) is 7.65. The zero-order valence-corrected chi connectivity index (χ0v) is 13.0. The number of nitrogens with zero attached hydrogens (tertiary/aromatic N) is 1. The fraction of sp³-hybridized carbons (Fsp3) is 0.588. The number of aliphatic hydroxyl groups is 1. The van der Waals surface area contributed by atoms with Crippen LogP contribution in [0.4, 0.5) is 0 Å². The Bertz CT molecular complexity index is 479. The van der Waals surface area contributed by atoms with Crippen LogP contribution in [-0.2, 0) is 4.74 Å². The Balaban J connectivity index is 1.84. The number of piperidine rings is 1. The molecule has 0 bridgehead atoms. The van der Waals surface area contributed by atoms with Gasteiger partial charge in [-0.2, -0.15) is 0 Å². The number of hydrogen-bond acceptors (Lipinski definition) is 4. The molecule has 1 aromatic carbocycles. The molecule has 4 nitrogen and oxygen atoms in total. The number of ether oxygens (including phenoxy) is 1. The van der Waals surface area contributed by atoms with Crippen LogP contribution in [0, 0.1) is 13.8 Å². The number of Topliss-reactive ketones (excluding diaryl/α,β-unsaturated/α-hetero) is 1. The van der Waals surface area contributed by atoms with Crippen molar-refractivity contribution in [3.05, 3.63) is 34.9 Å². The molecule has 1 aromatic rings. The van der Waals surface area contributed by atoms with Crippen LogP contribution in [0.3, 0.4) is 0 Å². The number of rotatable bonds is 6. The molecular weight excluding hydrogens is 266 g/mol. The van der Waals surface area contributed by atoms with E-state index in [4.69, 9.17) is 9.84 Å². The molecule has 1 aliphatic heterocycles. The third kappa shape index (κ3) is 4.63. The van der Waals surface area contributed by atoms with Crippen molar-refractivity contribution < 1.29 is 14.6 Å². The van der Waals surface area contributed by atoms with E-state index >= 15 is 0 Å². The Morgan fingerprint density at radius 3 is 2.67 bits per heavy atom. The van der Waals surface area contributed by atoms with Gasteiger partial charge in [-0.05, 0) is 32.3 Å². The molecule has 0 unspecified atom stereocenters. The fourth-order valence-corrected chi connectivity index (χ4v) is 2.87. The number of aliphatic hydroxyl groups excluding tert-OH is 1. The normalized spacial score (nSPS) is 17.1. The van der Waals surface area contributed by atoms with E-state index in [1.165, 1.54) is 5.56 Å². The van der Waals surface area contributed by atoms with E-state index in [1.54, 1.807) is 0 Å². The van der Waals surface area contributed by atoms with Crippen molar-refractivity contribution in [3.8, 4) is 0 Å². The summed E-state index contributed by atoms with van der Waals surface area (Å²) in [6.45, 7) is 6.77. The molecule has 21 heavy (non-hydrogen) atoms. The lowest BCUT2D eigenvalue weighted by Gasteiger charge is -2.31. The van der Waals surface area contributed by atoms with Crippen molar-refractivity contribution in [2.24, 2.45) is 0 Å². The Labute approximate surface area is 126 Å². The maximum atomic E-state index is 12.4. The topological polar surface area (TPSA) is 49.8 Å². The minimum absolute atomic E-state index is 0.0748. The molecule has 0 aliphatic carbocycles. The van der Waals surface area contributed by atoms with Crippen LogP contribution in [-0.4, -0.2) is 54.7 Å². The van der Waals surface area contributed by atoms with Crippen molar-refractivity contribution in [2.75, 3.05) is 32.8 Å². The van der Waals surface area contributed by atoms with Gasteiger partial charge >= 0.3 is 0 Å². The molecule has 1 N–H and O–H groups in total. The Morgan fingerprint density at radius 2 is 2.05 bits per heavy atom. The zero-order valence-electron chi connectivity index (χ0n) is 13.0. The average molecular weight is 291 g/mol. The maximum absolute atomic E-state index is 12.4. The monoisotopic (exact) mass is 291 g/mol. The first-order chi connectivity index (χ1) is 10.1. The van der Waals surface area contributed by atoms with Crippen LogP contribution < -0.4 is 0 Å². The SMILES string of the molecule is Cc1ccc(C(=O)CN2CCC(OCCO)CC2)c(C)c1. The summed E-state index contributed by atoms with van der Waals surface area (Å²) in [6.07, 6.45) is 2.09. The second-order valence-corrected chi connectivity index (χ2v) is 5.81. The van der Waals surface area contributed by atoms with E-state index in [0.29, 0.717) is 13.2 Å². The van der Waals surface area contributed by atoms with Gasteiger partial charge in [-0.3, -0.25) is 9.69 Å². The summed E-state index contributed by atoms with van der Waals surface area (Å²) >= 11 is 0. The molecule has 116 valence electrons. The number of carbonyl (C=O) groups is 1. The number of benzene rings is 1. The lowest BCUT2D eigenvalue weighted by molar-refractivity contribution is -0.00689. The first kappa shape index (κ1) is 16.1. The number of hydrogen-bond donors (Lipinski definition) is 1. The molecule has 4 heteroatoms. The van der Waals surface area contributed by atoms with Crippen LogP contribution in [0.5, 0.6) is 0 Å². The van der Waals surface area contributed by atoms with Crippen LogP contribution >= 0.6 is 0 Å². The summed E-state index contributed by atoms with van der Waals surface area (Å²) in [5.74, 6) is 0.197. The lowest BCUT2D eigenvalue weighted by atomic mass is 10.0. The Kier molecular flexibility index (Phi) is 5.91. The third-order valence-electron chi connectivity index (χ3n) is 4.03. The molecule has 0 saturated carbocycles. The molecule has 0 aromatic heterocycles. The standard InChI is InChI=1S/C17H25NO3/c1-13-3-4-16(14(2)11-13)17(20)12-18-7-5-15(6-8-18)21-10-9-19/h3-4,11,15,19H,5-10,12H2,1-2H3. The van der Waals surface area contributed by atoms with Gasteiger partial charge in [-0.25, -0.2) is 0 Å². The molecule has 1 aliphatic rings. The van der Waals surface area contributed by atoms with Gasteiger partial charge in [0.1, 0.15) is 0 Å². The molecule has 2 rings (SSSR count). The zero-order chi connectivity index (χ0) is 15.2.